The summed E-state index contributed by atoms with van der Waals surface area (Å²) < 4.78 is 10.7. The molecule has 2 rings (SSSR count). The summed E-state index contributed by atoms with van der Waals surface area (Å²) in [5.74, 6) is 1.31. The minimum absolute atomic E-state index is 0.192. The van der Waals surface area contributed by atoms with E-state index in [9.17, 15) is 5.26 Å². The third-order valence-electron chi connectivity index (χ3n) is 3.88. The van der Waals surface area contributed by atoms with Gasteiger partial charge in [-0.25, -0.2) is 0 Å². The van der Waals surface area contributed by atoms with Crippen molar-refractivity contribution in [1.82, 2.24) is 0 Å². The molecule has 0 radical (unpaired) electrons. The molecular formula is C19H21NO2. The molecule has 1 unspecified atom stereocenters. The first-order chi connectivity index (χ1) is 10.6. The third kappa shape index (κ3) is 3.40. The van der Waals surface area contributed by atoms with Gasteiger partial charge in [-0.3, -0.25) is 0 Å². The molecule has 0 aliphatic heterocycles. The molecule has 0 saturated carbocycles. The van der Waals surface area contributed by atoms with Crippen molar-refractivity contribution in [2.75, 3.05) is 14.2 Å². The molecule has 0 bridgehead atoms. The van der Waals surface area contributed by atoms with Gasteiger partial charge in [0, 0.05) is 6.07 Å². The second-order valence-electron chi connectivity index (χ2n) is 5.42. The van der Waals surface area contributed by atoms with Gasteiger partial charge in [0.15, 0.2) is 0 Å². The molecule has 0 aliphatic carbocycles. The highest BCUT2D eigenvalue weighted by atomic mass is 16.5. The van der Waals surface area contributed by atoms with Crippen molar-refractivity contribution >= 4 is 0 Å². The zero-order valence-corrected chi connectivity index (χ0v) is 13.5. The SMILES string of the molecule is COc1ccc(CC(C#N)c2cc(C)ccc2C)c(OC)c1. The number of methoxy groups -OCH3 is 2. The summed E-state index contributed by atoms with van der Waals surface area (Å²) in [5, 5.41) is 9.60. The van der Waals surface area contributed by atoms with E-state index in [1.165, 1.54) is 5.56 Å². The van der Waals surface area contributed by atoms with E-state index in [0.717, 1.165) is 28.2 Å². The lowest BCUT2D eigenvalue weighted by molar-refractivity contribution is 0.390. The van der Waals surface area contributed by atoms with Crippen LogP contribution in [-0.2, 0) is 6.42 Å². The predicted octanol–water partition coefficient (Wildman–Crippen LogP) is 4.17. The molecule has 0 N–H and O–H groups in total. The van der Waals surface area contributed by atoms with Gasteiger partial charge in [0.1, 0.15) is 11.5 Å². The molecule has 0 fully saturated rings. The van der Waals surface area contributed by atoms with Crippen LogP contribution in [0, 0.1) is 25.2 Å². The zero-order chi connectivity index (χ0) is 16.1. The summed E-state index contributed by atoms with van der Waals surface area (Å²) >= 11 is 0. The normalized spacial score (nSPS) is 11.6. The smallest absolute Gasteiger partial charge is 0.125 e. The maximum atomic E-state index is 9.60. The van der Waals surface area contributed by atoms with Crippen molar-refractivity contribution in [3.8, 4) is 17.6 Å². The van der Waals surface area contributed by atoms with Gasteiger partial charge < -0.3 is 9.47 Å². The van der Waals surface area contributed by atoms with Crippen LogP contribution in [0.1, 0.15) is 28.2 Å². The summed E-state index contributed by atoms with van der Waals surface area (Å²) in [7, 11) is 3.26. The van der Waals surface area contributed by atoms with Gasteiger partial charge in [0.25, 0.3) is 0 Å². The first-order valence-corrected chi connectivity index (χ1v) is 7.26. The fourth-order valence-corrected chi connectivity index (χ4v) is 2.60. The summed E-state index contributed by atoms with van der Waals surface area (Å²) in [4.78, 5) is 0. The molecule has 3 heteroatoms. The molecular weight excluding hydrogens is 274 g/mol. The van der Waals surface area contributed by atoms with E-state index < -0.39 is 0 Å². The molecule has 3 nitrogen and oxygen atoms in total. The van der Waals surface area contributed by atoms with Crippen molar-refractivity contribution in [3.05, 3.63) is 58.7 Å². The van der Waals surface area contributed by atoms with Crippen molar-refractivity contribution in [2.24, 2.45) is 0 Å². The number of ether oxygens (including phenoxy) is 2. The number of nitriles is 1. The van der Waals surface area contributed by atoms with E-state index in [-0.39, 0.29) is 5.92 Å². The van der Waals surface area contributed by atoms with Gasteiger partial charge in [-0.2, -0.15) is 5.26 Å². The fraction of sp³-hybridized carbons (Fsp3) is 0.316. The van der Waals surface area contributed by atoms with Crippen LogP contribution >= 0.6 is 0 Å². The summed E-state index contributed by atoms with van der Waals surface area (Å²) in [5.41, 5.74) is 4.41. The Bertz CT molecular complexity index is 701. The van der Waals surface area contributed by atoms with Crippen LogP contribution < -0.4 is 9.47 Å². The van der Waals surface area contributed by atoms with Crippen LogP contribution in [-0.4, -0.2) is 14.2 Å². The van der Waals surface area contributed by atoms with E-state index in [0.29, 0.717) is 6.42 Å². The van der Waals surface area contributed by atoms with Crippen molar-refractivity contribution in [1.29, 1.82) is 5.26 Å². The quantitative estimate of drug-likeness (QED) is 0.831. The number of hydrogen-bond acceptors (Lipinski definition) is 3. The predicted molar refractivity (Wildman–Crippen MR) is 87.5 cm³/mol. The molecule has 0 heterocycles. The number of rotatable bonds is 5. The Morgan fingerprint density at radius 1 is 1.05 bits per heavy atom. The number of aryl methyl sites for hydroxylation is 2. The number of nitrogens with zero attached hydrogens (tertiary/aromatic N) is 1. The standard InChI is InChI=1S/C19H21NO2/c1-13-5-6-14(2)18(9-13)16(12-20)10-15-7-8-17(21-3)11-19(15)22-4/h5-9,11,16H,10H2,1-4H3. The number of benzene rings is 2. The van der Waals surface area contributed by atoms with Gasteiger partial charge in [-0.15, -0.1) is 0 Å². The van der Waals surface area contributed by atoms with Gasteiger partial charge in [0.2, 0.25) is 0 Å². The van der Waals surface area contributed by atoms with Crippen LogP contribution in [0.4, 0.5) is 0 Å². The molecule has 2 aromatic rings. The van der Waals surface area contributed by atoms with E-state index in [1.54, 1.807) is 14.2 Å². The third-order valence-corrected chi connectivity index (χ3v) is 3.88. The van der Waals surface area contributed by atoms with Crippen molar-refractivity contribution < 1.29 is 9.47 Å². The van der Waals surface area contributed by atoms with Crippen molar-refractivity contribution in [2.45, 2.75) is 26.2 Å². The highest BCUT2D eigenvalue weighted by molar-refractivity contribution is 5.44. The van der Waals surface area contributed by atoms with E-state index >= 15 is 0 Å². The average molecular weight is 295 g/mol. The topological polar surface area (TPSA) is 42.2 Å². The van der Waals surface area contributed by atoms with E-state index in [2.05, 4.69) is 24.3 Å². The fourth-order valence-electron chi connectivity index (χ4n) is 2.60. The summed E-state index contributed by atoms with van der Waals surface area (Å²) in [6, 6.07) is 14.4. The van der Waals surface area contributed by atoms with Crippen molar-refractivity contribution in [3.63, 3.8) is 0 Å². The number of hydrogen-bond donors (Lipinski definition) is 0. The lowest BCUT2D eigenvalue weighted by Crippen LogP contribution is -2.05. The van der Waals surface area contributed by atoms with E-state index in [4.69, 9.17) is 9.47 Å². The second kappa shape index (κ2) is 7.00. The molecule has 0 amide bonds. The Hall–Kier alpha value is -2.47. The maximum absolute atomic E-state index is 9.60. The Balaban J connectivity index is 2.35. The van der Waals surface area contributed by atoms with Crippen LogP contribution in [0.25, 0.3) is 0 Å². The molecule has 0 aliphatic rings. The lowest BCUT2D eigenvalue weighted by atomic mass is 9.89. The first-order valence-electron chi connectivity index (χ1n) is 7.26. The minimum Gasteiger partial charge on any atom is -0.497 e. The highest BCUT2D eigenvalue weighted by Gasteiger charge is 2.17. The van der Waals surface area contributed by atoms with Crippen LogP contribution in [0.3, 0.4) is 0 Å². The molecule has 22 heavy (non-hydrogen) atoms. The summed E-state index contributed by atoms with van der Waals surface area (Å²) in [6.07, 6.45) is 0.619. The Kier molecular flexibility index (Phi) is 5.06. The van der Waals surface area contributed by atoms with Crippen LogP contribution in [0.2, 0.25) is 0 Å². The molecule has 0 spiro atoms. The largest absolute Gasteiger partial charge is 0.497 e. The van der Waals surface area contributed by atoms with Gasteiger partial charge >= 0.3 is 0 Å². The Morgan fingerprint density at radius 3 is 2.45 bits per heavy atom. The monoisotopic (exact) mass is 295 g/mol. The second-order valence-corrected chi connectivity index (χ2v) is 5.42. The molecule has 1 atom stereocenters. The summed E-state index contributed by atoms with van der Waals surface area (Å²) in [6.45, 7) is 4.09. The molecule has 2 aromatic carbocycles. The first kappa shape index (κ1) is 15.9. The van der Waals surface area contributed by atoms with Gasteiger partial charge in [-0.1, -0.05) is 29.8 Å². The molecule has 0 aromatic heterocycles. The van der Waals surface area contributed by atoms with E-state index in [1.807, 2.05) is 32.0 Å². The lowest BCUT2D eigenvalue weighted by Gasteiger charge is -2.16. The van der Waals surface area contributed by atoms with Gasteiger partial charge in [0.05, 0.1) is 26.2 Å². The minimum atomic E-state index is -0.192. The highest BCUT2D eigenvalue weighted by Crippen LogP contribution is 2.31. The molecule has 0 saturated heterocycles. The zero-order valence-electron chi connectivity index (χ0n) is 13.5. The average Bonchev–Trinajstić information content (AvgIpc) is 2.55. The molecule has 114 valence electrons. The maximum Gasteiger partial charge on any atom is 0.125 e. The Morgan fingerprint density at radius 2 is 1.82 bits per heavy atom. The van der Waals surface area contributed by atoms with Crippen LogP contribution in [0.15, 0.2) is 36.4 Å². The van der Waals surface area contributed by atoms with Gasteiger partial charge in [-0.05, 0) is 43.0 Å². The Labute approximate surface area is 132 Å². The van der Waals surface area contributed by atoms with Crippen LogP contribution in [0.5, 0.6) is 11.5 Å².